The van der Waals surface area contributed by atoms with Crippen molar-refractivity contribution in [1.29, 1.82) is 0 Å². The summed E-state index contributed by atoms with van der Waals surface area (Å²) in [7, 11) is 0. The molecule has 0 aliphatic rings. The molecule has 104 valence electrons. The molecule has 5 N–H and O–H groups in total. The van der Waals surface area contributed by atoms with Gasteiger partial charge in [0.2, 0.25) is 5.91 Å². The molecule has 7 nitrogen and oxygen atoms in total. The zero-order chi connectivity index (χ0) is 14.3. The standard InChI is InChI=1S/C11H21N3O4/c1-6(2)9(14-11(12)18)10(17)13-5-7(3)4-8(15)16/h6-7,9H,4-5H2,1-3H3,(H,13,17)(H,15,16)(H3,12,14,18). The molecular formula is C11H21N3O4. The number of aliphatic carboxylic acids is 1. The number of amides is 3. The van der Waals surface area contributed by atoms with Crippen molar-refractivity contribution in [2.45, 2.75) is 33.2 Å². The summed E-state index contributed by atoms with van der Waals surface area (Å²) < 4.78 is 0. The van der Waals surface area contributed by atoms with Crippen molar-refractivity contribution in [1.82, 2.24) is 10.6 Å². The highest BCUT2D eigenvalue weighted by molar-refractivity contribution is 5.86. The molecule has 0 saturated heterocycles. The fourth-order valence-corrected chi connectivity index (χ4v) is 1.44. The minimum absolute atomic E-state index is 0.0180. The summed E-state index contributed by atoms with van der Waals surface area (Å²) in [6.45, 7) is 5.52. The molecule has 2 atom stereocenters. The van der Waals surface area contributed by atoms with E-state index in [0.29, 0.717) is 0 Å². The van der Waals surface area contributed by atoms with E-state index in [1.807, 2.05) is 0 Å². The van der Waals surface area contributed by atoms with Gasteiger partial charge in [0.15, 0.2) is 0 Å². The van der Waals surface area contributed by atoms with Crippen LogP contribution < -0.4 is 16.4 Å². The third-order valence-electron chi connectivity index (χ3n) is 2.39. The predicted octanol–water partition coefficient (Wildman–Crippen LogP) is -0.0937. The number of carboxylic acids is 1. The summed E-state index contributed by atoms with van der Waals surface area (Å²) in [5.74, 6) is -1.55. The van der Waals surface area contributed by atoms with Crippen LogP contribution in [-0.4, -0.2) is 35.6 Å². The monoisotopic (exact) mass is 259 g/mol. The highest BCUT2D eigenvalue weighted by Crippen LogP contribution is 2.03. The van der Waals surface area contributed by atoms with Crippen molar-refractivity contribution < 1.29 is 19.5 Å². The molecule has 0 rings (SSSR count). The van der Waals surface area contributed by atoms with Gasteiger partial charge in [-0.25, -0.2) is 4.79 Å². The van der Waals surface area contributed by atoms with Crippen molar-refractivity contribution in [3.63, 3.8) is 0 Å². The molecule has 2 unspecified atom stereocenters. The van der Waals surface area contributed by atoms with Gasteiger partial charge >= 0.3 is 12.0 Å². The van der Waals surface area contributed by atoms with Gasteiger partial charge in [0.25, 0.3) is 0 Å². The van der Waals surface area contributed by atoms with Crippen LogP contribution in [0.5, 0.6) is 0 Å². The first-order chi connectivity index (χ1) is 8.23. The molecule has 0 aromatic heterocycles. The van der Waals surface area contributed by atoms with Crippen LogP contribution in [0.1, 0.15) is 27.2 Å². The topological polar surface area (TPSA) is 122 Å². The quantitative estimate of drug-likeness (QED) is 0.510. The highest BCUT2D eigenvalue weighted by atomic mass is 16.4. The van der Waals surface area contributed by atoms with Crippen LogP contribution in [-0.2, 0) is 9.59 Å². The average Bonchev–Trinajstić information content (AvgIpc) is 2.21. The van der Waals surface area contributed by atoms with Gasteiger partial charge in [-0.3, -0.25) is 9.59 Å². The van der Waals surface area contributed by atoms with Crippen LogP contribution in [0.25, 0.3) is 0 Å². The third kappa shape index (κ3) is 6.72. The van der Waals surface area contributed by atoms with Gasteiger partial charge in [0, 0.05) is 13.0 Å². The van der Waals surface area contributed by atoms with Gasteiger partial charge in [-0.1, -0.05) is 20.8 Å². The molecule has 0 spiro atoms. The van der Waals surface area contributed by atoms with E-state index in [1.54, 1.807) is 20.8 Å². The van der Waals surface area contributed by atoms with E-state index >= 15 is 0 Å². The molecule has 0 heterocycles. The number of carboxylic acid groups (broad SMARTS) is 1. The molecule has 0 saturated carbocycles. The normalized spacial score (nSPS) is 13.8. The number of hydrogen-bond donors (Lipinski definition) is 4. The predicted molar refractivity (Wildman–Crippen MR) is 65.8 cm³/mol. The lowest BCUT2D eigenvalue weighted by Crippen LogP contribution is -2.51. The van der Waals surface area contributed by atoms with E-state index in [4.69, 9.17) is 10.8 Å². The van der Waals surface area contributed by atoms with Gasteiger partial charge < -0.3 is 21.5 Å². The summed E-state index contributed by atoms with van der Waals surface area (Å²) in [5, 5.41) is 13.5. The zero-order valence-corrected chi connectivity index (χ0v) is 10.9. The van der Waals surface area contributed by atoms with Crippen LogP contribution in [0.2, 0.25) is 0 Å². The Labute approximate surface area is 106 Å². The van der Waals surface area contributed by atoms with Crippen LogP contribution in [0.4, 0.5) is 4.79 Å². The second-order valence-electron chi connectivity index (χ2n) is 4.68. The maximum Gasteiger partial charge on any atom is 0.312 e. The third-order valence-corrected chi connectivity index (χ3v) is 2.39. The molecule has 0 aliphatic carbocycles. The Balaban J connectivity index is 4.26. The second-order valence-corrected chi connectivity index (χ2v) is 4.68. The number of carbonyl (C=O) groups is 3. The van der Waals surface area contributed by atoms with Crippen molar-refractivity contribution in [2.24, 2.45) is 17.6 Å². The van der Waals surface area contributed by atoms with E-state index in [2.05, 4.69) is 10.6 Å². The minimum atomic E-state index is -0.910. The Morgan fingerprint density at radius 1 is 1.22 bits per heavy atom. The van der Waals surface area contributed by atoms with Crippen LogP contribution in [0, 0.1) is 11.8 Å². The molecule has 18 heavy (non-hydrogen) atoms. The second kappa shape index (κ2) is 7.52. The molecule has 0 aromatic carbocycles. The lowest BCUT2D eigenvalue weighted by atomic mass is 10.0. The first-order valence-electron chi connectivity index (χ1n) is 5.79. The summed E-state index contributed by atoms with van der Waals surface area (Å²) in [4.78, 5) is 33.0. The molecule has 0 aliphatic heterocycles. The fourth-order valence-electron chi connectivity index (χ4n) is 1.44. The van der Waals surface area contributed by atoms with Gasteiger partial charge in [-0.2, -0.15) is 0 Å². The van der Waals surface area contributed by atoms with Crippen LogP contribution in [0.15, 0.2) is 0 Å². The highest BCUT2D eigenvalue weighted by Gasteiger charge is 2.23. The van der Waals surface area contributed by atoms with Gasteiger partial charge in [0.1, 0.15) is 6.04 Å². The van der Waals surface area contributed by atoms with Crippen molar-refractivity contribution in [3.8, 4) is 0 Å². The lowest BCUT2D eigenvalue weighted by Gasteiger charge is -2.21. The fraction of sp³-hybridized carbons (Fsp3) is 0.727. The summed E-state index contributed by atoms with van der Waals surface area (Å²) in [6, 6.07) is -1.47. The van der Waals surface area contributed by atoms with Gasteiger partial charge in [0.05, 0.1) is 0 Å². The number of primary amides is 1. The van der Waals surface area contributed by atoms with Crippen molar-refractivity contribution in [3.05, 3.63) is 0 Å². The average molecular weight is 259 g/mol. The molecular weight excluding hydrogens is 238 g/mol. The van der Waals surface area contributed by atoms with Crippen molar-refractivity contribution in [2.75, 3.05) is 6.54 Å². The number of nitrogens with two attached hydrogens (primary N) is 1. The first-order valence-corrected chi connectivity index (χ1v) is 5.79. The number of rotatable bonds is 7. The van der Waals surface area contributed by atoms with E-state index in [-0.39, 0.29) is 30.7 Å². The van der Waals surface area contributed by atoms with Gasteiger partial charge in [-0.05, 0) is 11.8 Å². The maximum atomic E-state index is 11.8. The van der Waals surface area contributed by atoms with Gasteiger partial charge in [-0.15, -0.1) is 0 Å². The molecule has 3 amide bonds. The Morgan fingerprint density at radius 2 is 1.78 bits per heavy atom. The van der Waals surface area contributed by atoms with E-state index in [9.17, 15) is 14.4 Å². The molecule has 0 aromatic rings. The van der Waals surface area contributed by atoms with Crippen LogP contribution >= 0.6 is 0 Å². The van der Waals surface area contributed by atoms with Crippen LogP contribution in [0.3, 0.4) is 0 Å². The number of nitrogens with one attached hydrogen (secondary N) is 2. The Bertz CT molecular complexity index is 317. The molecule has 0 fully saturated rings. The zero-order valence-electron chi connectivity index (χ0n) is 10.9. The molecule has 0 bridgehead atoms. The number of carbonyl (C=O) groups excluding carboxylic acids is 2. The molecule has 0 radical (unpaired) electrons. The number of urea groups is 1. The minimum Gasteiger partial charge on any atom is -0.481 e. The largest absolute Gasteiger partial charge is 0.481 e. The smallest absolute Gasteiger partial charge is 0.312 e. The summed E-state index contributed by atoms with van der Waals surface area (Å²) in [6.07, 6.45) is -0.0180. The lowest BCUT2D eigenvalue weighted by molar-refractivity contribution is -0.138. The maximum absolute atomic E-state index is 11.8. The van der Waals surface area contributed by atoms with E-state index < -0.39 is 18.0 Å². The van der Waals surface area contributed by atoms with E-state index in [0.717, 1.165) is 0 Å². The Hall–Kier alpha value is -1.79. The summed E-state index contributed by atoms with van der Waals surface area (Å²) in [5.41, 5.74) is 4.98. The summed E-state index contributed by atoms with van der Waals surface area (Å²) >= 11 is 0. The van der Waals surface area contributed by atoms with Crippen molar-refractivity contribution >= 4 is 17.9 Å². The molecule has 7 heteroatoms. The number of hydrogen-bond acceptors (Lipinski definition) is 3. The Kier molecular flexibility index (Phi) is 6.77. The van der Waals surface area contributed by atoms with E-state index in [1.165, 1.54) is 0 Å². The first kappa shape index (κ1) is 16.2. The SMILES string of the molecule is CC(CNC(=O)C(NC(N)=O)C(C)C)CC(=O)O. The Morgan fingerprint density at radius 3 is 2.17 bits per heavy atom.